The van der Waals surface area contributed by atoms with Crippen LogP contribution in [0.3, 0.4) is 0 Å². The first-order valence-electron chi connectivity index (χ1n) is 8.63. The van der Waals surface area contributed by atoms with Gasteiger partial charge in [-0.05, 0) is 36.8 Å². The third kappa shape index (κ3) is 6.09. The largest absolute Gasteiger partial charge is 0.469 e. The Bertz CT molecular complexity index is 920. The molecule has 2 aromatic rings. The average Bonchev–Trinajstić information content (AvgIpc) is 2.65. The van der Waals surface area contributed by atoms with E-state index in [1.54, 1.807) is 24.3 Å². The molecule has 0 spiro atoms. The standard InChI is InChI=1S/C20H23NO6S/c1-14-4-10-19(11-5-14)28(24,25)27-18-8-6-16(7-9-18)17(12-20(23)26-3)13-21-15(2)22/h4-11,17H,12-13H2,1-3H3,(H,21,22). The number of benzene rings is 2. The van der Waals surface area contributed by atoms with E-state index in [0.29, 0.717) is 0 Å². The van der Waals surface area contributed by atoms with Gasteiger partial charge in [0.1, 0.15) is 10.6 Å². The summed E-state index contributed by atoms with van der Waals surface area (Å²) in [7, 11) is -2.64. The highest BCUT2D eigenvalue weighted by molar-refractivity contribution is 7.87. The Morgan fingerprint density at radius 3 is 2.18 bits per heavy atom. The first-order chi connectivity index (χ1) is 13.2. The first kappa shape index (κ1) is 21.4. The molecule has 0 aromatic heterocycles. The van der Waals surface area contributed by atoms with Crippen molar-refractivity contribution in [2.24, 2.45) is 0 Å². The van der Waals surface area contributed by atoms with Crippen LogP contribution in [0.5, 0.6) is 5.75 Å². The van der Waals surface area contributed by atoms with E-state index in [9.17, 15) is 18.0 Å². The Morgan fingerprint density at radius 1 is 1.04 bits per heavy atom. The third-order valence-corrected chi connectivity index (χ3v) is 5.37. The highest BCUT2D eigenvalue weighted by atomic mass is 32.2. The number of rotatable bonds is 8. The fraction of sp³-hybridized carbons (Fsp3) is 0.300. The van der Waals surface area contributed by atoms with Gasteiger partial charge in [-0.3, -0.25) is 9.59 Å². The van der Waals surface area contributed by atoms with Gasteiger partial charge in [0.25, 0.3) is 0 Å². The van der Waals surface area contributed by atoms with E-state index in [0.717, 1.165) is 11.1 Å². The van der Waals surface area contributed by atoms with Gasteiger partial charge in [0.15, 0.2) is 0 Å². The van der Waals surface area contributed by atoms with Gasteiger partial charge in [-0.1, -0.05) is 29.8 Å². The number of ether oxygens (including phenoxy) is 1. The fourth-order valence-electron chi connectivity index (χ4n) is 2.53. The molecule has 0 radical (unpaired) electrons. The van der Waals surface area contributed by atoms with Gasteiger partial charge in [-0.2, -0.15) is 8.42 Å². The van der Waals surface area contributed by atoms with Crippen molar-refractivity contribution in [3.8, 4) is 5.75 Å². The Labute approximate surface area is 164 Å². The molecule has 28 heavy (non-hydrogen) atoms. The van der Waals surface area contributed by atoms with Gasteiger partial charge in [0.05, 0.1) is 13.5 Å². The second kappa shape index (κ2) is 9.36. The number of esters is 1. The summed E-state index contributed by atoms with van der Waals surface area (Å²) in [6.45, 7) is 3.51. The van der Waals surface area contributed by atoms with Crippen molar-refractivity contribution in [3.05, 3.63) is 59.7 Å². The normalized spacial score (nSPS) is 12.1. The maximum Gasteiger partial charge on any atom is 0.339 e. The summed E-state index contributed by atoms with van der Waals surface area (Å²) in [4.78, 5) is 22.9. The lowest BCUT2D eigenvalue weighted by molar-refractivity contribution is -0.141. The van der Waals surface area contributed by atoms with Crippen molar-refractivity contribution >= 4 is 22.0 Å². The minimum absolute atomic E-state index is 0.0661. The molecule has 1 unspecified atom stereocenters. The van der Waals surface area contributed by atoms with Gasteiger partial charge in [-0.25, -0.2) is 0 Å². The molecule has 1 amide bonds. The van der Waals surface area contributed by atoms with E-state index in [1.807, 2.05) is 6.92 Å². The van der Waals surface area contributed by atoms with Crippen LogP contribution >= 0.6 is 0 Å². The van der Waals surface area contributed by atoms with Crippen molar-refractivity contribution in [2.45, 2.75) is 31.1 Å². The molecular formula is C20H23NO6S. The molecule has 0 aliphatic carbocycles. The van der Waals surface area contributed by atoms with E-state index in [1.165, 1.54) is 38.3 Å². The number of hydrogen-bond acceptors (Lipinski definition) is 6. The number of carbonyl (C=O) groups excluding carboxylic acids is 2. The average molecular weight is 405 g/mol. The van der Waals surface area contributed by atoms with Crippen molar-refractivity contribution in [2.75, 3.05) is 13.7 Å². The molecule has 0 bridgehead atoms. The zero-order valence-electron chi connectivity index (χ0n) is 16.0. The van der Waals surface area contributed by atoms with Gasteiger partial charge >= 0.3 is 16.1 Å². The molecule has 0 aliphatic heterocycles. The second-order valence-corrected chi connectivity index (χ2v) is 7.88. The molecule has 2 aromatic carbocycles. The first-order valence-corrected chi connectivity index (χ1v) is 10.0. The SMILES string of the molecule is COC(=O)CC(CNC(C)=O)c1ccc(OS(=O)(=O)c2ccc(C)cc2)cc1. The van der Waals surface area contributed by atoms with Crippen LogP contribution in [-0.2, 0) is 24.4 Å². The smallest absolute Gasteiger partial charge is 0.339 e. The zero-order chi connectivity index (χ0) is 20.7. The summed E-state index contributed by atoms with van der Waals surface area (Å²) in [6, 6.07) is 12.7. The van der Waals surface area contributed by atoms with Gasteiger partial charge in [0.2, 0.25) is 5.91 Å². The Kier molecular flexibility index (Phi) is 7.17. The zero-order valence-corrected chi connectivity index (χ0v) is 16.8. The minimum atomic E-state index is -3.94. The van der Waals surface area contributed by atoms with Crippen LogP contribution in [0.25, 0.3) is 0 Å². The molecule has 2 rings (SSSR count). The number of nitrogens with one attached hydrogen (secondary N) is 1. The van der Waals surface area contributed by atoms with Crippen molar-refractivity contribution in [1.29, 1.82) is 0 Å². The van der Waals surface area contributed by atoms with Crippen LogP contribution in [-0.4, -0.2) is 33.9 Å². The van der Waals surface area contributed by atoms with E-state index < -0.39 is 16.1 Å². The Morgan fingerprint density at radius 2 is 1.64 bits per heavy atom. The van der Waals surface area contributed by atoms with Crippen LogP contribution in [0, 0.1) is 6.92 Å². The minimum Gasteiger partial charge on any atom is -0.469 e. The van der Waals surface area contributed by atoms with Crippen LogP contribution < -0.4 is 9.50 Å². The van der Waals surface area contributed by atoms with Gasteiger partial charge < -0.3 is 14.2 Å². The van der Waals surface area contributed by atoms with Gasteiger partial charge in [-0.15, -0.1) is 0 Å². The molecule has 0 saturated heterocycles. The van der Waals surface area contributed by atoms with Crippen molar-refractivity contribution in [1.82, 2.24) is 5.32 Å². The molecule has 0 aliphatic rings. The van der Waals surface area contributed by atoms with Crippen LogP contribution in [0.4, 0.5) is 0 Å². The Balaban J connectivity index is 2.16. The molecule has 8 heteroatoms. The van der Waals surface area contributed by atoms with E-state index in [4.69, 9.17) is 8.92 Å². The molecular weight excluding hydrogens is 382 g/mol. The van der Waals surface area contributed by atoms with Crippen LogP contribution in [0.15, 0.2) is 53.4 Å². The number of hydrogen-bond donors (Lipinski definition) is 1. The summed E-state index contributed by atoms with van der Waals surface area (Å²) >= 11 is 0. The molecule has 0 saturated carbocycles. The predicted molar refractivity (Wildman–Crippen MR) is 103 cm³/mol. The summed E-state index contributed by atoms with van der Waals surface area (Å²) in [5, 5.41) is 2.68. The highest BCUT2D eigenvalue weighted by Crippen LogP contribution is 2.24. The van der Waals surface area contributed by atoms with Crippen LogP contribution in [0.1, 0.15) is 30.4 Å². The lowest BCUT2D eigenvalue weighted by Gasteiger charge is -2.17. The molecule has 7 nitrogen and oxygen atoms in total. The monoisotopic (exact) mass is 405 g/mol. The van der Waals surface area contributed by atoms with Crippen molar-refractivity contribution in [3.63, 3.8) is 0 Å². The quantitative estimate of drug-likeness (QED) is 0.535. The summed E-state index contributed by atoms with van der Waals surface area (Å²) in [5.41, 5.74) is 1.69. The number of methoxy groups -OCH3 is 1. The predicted octanol–water partition coefficient (Wildman–Crippen LogP) is 2.55. The molecule has 0 fully saturated rings. The van der Waals surface area contributed by atoms with Crippen molar-refractivity contribution < 1.29 is 26.9 Å². The molecule has 1 N–H and O–H groups in total. The lowest BCUT2D eigenvalue weighted by atomic mass is 9.95. The van der Waals surface area contributed by atoms with E-state index in [-0.39, 0.29) is 35.4 Å². The molecule has 0 heterocycles. The third-order valence-electron chi connectivity index (χ3n) is 4.11. The molecule has 1 atom stereocenters. The van der Waals surface area contributed by atoms with Crippen LogP contribution in [0.2, 0.25) is 0 Å². The summed E-state index contributed by atoms with van der Waals surface area (Å²) in [5.74, 6) is -0.767. The molecule has 150 valence electrons. The summed E-state index contributed by atoms with van der Waals surface area (Å²) < 4.78 is 34.6. The van der Waals surface area contributed by atoms with E-state index in [2.05, 4.69) is 5.32 Å². The number of carbonyl (C=O) groups is 2. The lowest BCUT2D eigenvalue weighted by Crippen LogP contribution is -2.27. The number of aryl methyl sites for hydroxylation is 1. The highest BCUT2D eigenvalue weighted by Gasteiger charge is 2.19. The van der Waals surface area contributed by atoms with E-state index >= 15 is 0 Å². The number of amides is 1. The van der Waals surface area contributed by atoms with Gasteiger partial charge in [0, 0.05) is 19.4 Å². The summed E-state index contributed by atoms with van der Waals surface area (Å²) in [6.07, 6.45) is 0.0820. The Hall–Kier alpha value is -2.87. The fourth-order valence-corrected chi connectivity index (χ4v) is 3.46. The second-order valence-electron chi connectivity index (χ2n) is 6.33. The maximum atomic E-state index is 12.4. The topological polar surface area (TPSA) is 98.8 Å². The maximum absolute atomic E-state index is 12.4.